The van der Waals surface area contributed by atoms with Gasteiger partial charge in [-0.1, -0.05) is 13.0 Å². The zero-order chi connectivity index (χ0) is 21.9. The third kappa shape index (κ3) is 5.04. The molecule has 0 amide bonds. The topological polar surface area (TPSA) is 44.8 Å². The number of alkyl halides is 3. The van der Waals surface area contributed by atoms with Crippen LogP contribution in [0.3, 0.4) is 0 Å². The highest BCUT2D eigenvalue weighted by Crippen LogP contribution is 2.32. The van der Waals surface area contributed by atoms with Crippen LogP contribution in [-0.2, 0) is 17.3 Å². The molecule has 0 saturated carbocycles. The van der Waals surface area contributed by atoms with Crippen LogP contribution in [0.1, 0.15) is 27.7 Å². The Bertz CT molecular complexity index is 922. The van der Waals surface area contributed by atoms with E-state index in [2.05, 4.69) is 5.32 Å². The monoisotopic (exact) mass is 457 g/mol. The van der Waals surface area contributed by atoms with E-state index in [4.69, 9.17) is 17.0 Å². The molecule has 0 radical (unpaired) electrons. The number of ether oxygens (including phenoxy) is 1. The van der Waals surface area contributed by atoms with Crippen LogP contribution in [0.4, 0.5) is 23.9 Å². The van der Waals surface area contributed by atoms with Crippen molar-refractivity contribution in [1.82, 2.24) is 4.90 Å². The molecule has 1 aliphatic heterocycles. The lowest BCUT2D eigenvalue weighted by Crippen LogP contribution is -2.50. The molecule has 162 valence electrons. The zero-order valence-electron chi connectivity index (χ0n) is 16.6. The number of piperazine rings is 1. The van der Waals surface area contributed by atoms with E-state index in [-0.39, 0.29) is 0 Å². The fourth-order valence-electron chi connectivity index (χ4n) is 3.19. The van der Waals surface area contributed by atoms with Gasteiger partial charge in [-0.3, -0.25) is 0 Å². The number of carbonyl (C=O) groups is 1. The standard InChI is InChI=1S/C20H22F3N3O2S2/c1-3-15-12-16(18(27)28-2)17(30-15)24-19(29)26-9-7-25(8-10-26)14-6-4-5-13(11-14)20(21,22)23/h4-6,11-12H,3,7-10H2,1-2H3,(H,24,29). The SMILES string of the molecule is CCc1cc(C(=O)OC)c(NC(=S)N2CCN(c3cccc(C(F)(F)F)c3)CC2)s1. The van der Waals surface area contributed by atoms with Crippen molar-refractivity contribution in [1.29, 1.82) is 0 Å². The first-order chi connectivity index (χ1) is 14.2. The predicted octanol–water partition coefficient (Wildman–Crippen LogP) is 4.63. The minimum absolute atomic E-state index is 0.425. The Kier molecular flexibility index (Phi) is 6.87. The van der Waals surface area contributed by atoms with Gasteiger partial charge in [0, 0.05) is 36.7 Å². The number of hydrogen-bond acceptors (Lipinski definition) is 5. The molecule has 5 nitrogen and oxygen atoms in total. The first-order valence-corrected chi connectivity index (χ1v) is 10.6. The van der Waals surface area contributed by atoms with Gasteiger partial charge in [-0.2, -0.15) is 13.2 Å². The van der Waals surface area contributed by atoms with Crippen LogP contribution >= 0.6 is 23.6 Å². The molecule has 10 heteroatoms. The molecule has 30 heavy (non-hydrogen) atoms. The van der Waals surface area contributed by atoms with Crippen LogP contribution < -0.4 is 10.2 Å². The lowest BCUT2D eigenvalue weighted by molar-refractivity contribution is -0.137. The number of benzene rings is 1. The van der Waals surface area contributed by atoms with E-state index in [9.17, 15) is 18.0 Å². The Balaban J connectivity index is 1.64. The van der Waals surface area contributed by atoms with Crippen LogP contribution in [0.15, 0.2) is 30.3 Å². The van der Waals surface area contributed by atoms with Gasteiger partial charge < -0.3 is 19.9 Å². The molecular weight excluding hydrogens is 435 g/mol. The maximum Gasteiger partial charge on any atom is 0.416 e. The second-order valence-corrected chi connectivity index (χ2v) is 8.28. The number of carbonyl (C=O) groups excluding carboxylic acids is 1. The Hall–Kier alpha value is -2.33. The molecule has 0 aliphatic carbocycles. The average Bonchev–Trinajstić information content (AvgIpc) is 3.15. The van der Waals surface area contributed by atoms with E-state index in [0.29, 0.717) is 47.5 Å². The second-order valence-electron chi connectivity index (χ2n) is 6.75. The summed E-state index contributed by atoms with van der Waals surface area (Å²) >= 11 is 6.96. The molecule has 1 fully saturated rings. The summed E-state index contributed by atoms with van der Waals surface area (Å²) in [6.07, 6.45) is -3.57. The number of halogens is 3. The molecule has 2 heterocycles. The molecular formula is C20H22F3N3O2S2. The van der Waals surface area contributed by atoms with E-state index < -0.39 is 17.7 Å². The molecule has 0 bridgehead atoms. The van der Waals surface area contributed by atoms with Crippen molar-refractivity contribution in [3.8, 4) is 0 Å². The molecule has 0 unspecified atom stereocenters. The van der Waals surface area contributed by atoms with Crippen LogP contribution in [0, 0.1) is 0 Å². The number of nitrogens with zero attached hydrogens (tertiary/aromatic N) is 2. The molecule has 1 aromatic heterocycles. The Morgan fingerprint density at radius 1 is 1.23 bits per heavy atom. The first kappa shape index (κ1) is 22.4. The number of thiocarbonyl (C=S) groups is 1. The predicted molar refractivity (Wildman–Crippen MR) is 116 cm³/mol. The second kappa shape index (κ2) is 9.22. The van der Waals surface area contributed by atoms with Crippen molar-refractivity contribution < 1.29 is 22.7 Å². The molecule has 1 aromatic carbocycles. The highest BCUT2D eigenvalue weighted by atomic mass is 32.1. The van der Waals surface area contributed by atoms with Gasteiger partial charge in [-0.05, 0) is 42.9 Å². The van der Waals surface area contributed by atoms with Gasteiger partial charge in [-0.25, -0.2) is 4.79 Å². The largest absolute Gasteiger partial charge is 0.465 e. The van der Waals surface area contributed by atoms with Gasteiger partial charge in [0.15, 0.2) is 5.11 Å². The number of anilines is 2. The van der Waals surface area contributed by atoms with Crippen molar-refractivity contribution in [2.75, 3.05) is 43.5 Å². The number of thiophene rings is 1. The summed E-state index contributed by atoms with van der Waals surface area (Å²) in [5.74, 6) is -0.425. The smallest absolute Gasteiger partial charge is 0.416 e. The number of hydrogen-bond donors (Lipinski definition) is 1. The lowest BCUT2D eigenvalue weighted by Gasteiger charge is -2.37. The third-order valence-electron chi connectivity index (χ3n) is 4.86. The van der Waals surface area contributed by atoms with Crippen molar-refractivity contribution in [3.63, 3.8) is 0 Å². The quantitative estimate of drug-likeness (QED) is 0.533. The summed E-state index contributed by atoms with van der Waals surface area (Å²) < 4.78 is 43.7. The fraction of sp³-hybridized carbons (Fsp3) is 0.400. The van der Waals surface area contributed by atoms with Gasteiger partial charge in [0.05, 0.1) is 18.2 Å². The Morgan fingerprint density at radius 3 is 2.53 bits per heavy atom. The van der Waals surface area contributed by atoms with E-state index in [1.807, 2.05) is 16.7 Å². The third-order valence-corrected chi connectivity index (χ3v) is 6.42. The number of aryl methyl sites for hydroxylation is 1. The van der Waals surface area contributed by atoms with E-state index in [1.165, 1.54) is 30.6 Å². The van der Waals surface area contributed by atoms with E-state index in [1.54, 1.807) is 12.1 Å². The molecule has 1 aliphatic rings. The highest BCUT2D eigenvalue weighted by Gasteiger charge is 2.31. The van der Waals surface area contributed by atoms with Gasteiger partial charge in [0.1, 0.15) is 5.00 Å². The Labute approximate surface area is 182 Å². The molecule has 0 atom stereocenters. The highest BCUT2D eigenvalue weighted by molar-refractivity contribution is 7.80. The number of nitrogens with one attached hydrogen (secondary N) is 1. The van der Waals surface area contributed by atoms with E-state index >= 15 is 0 Å². The number of esters is 1. The Morgan fingerprint density at radius 2 is 1.93 bits per heavy atom. The summed E-state index contributed by atoms with van der Waals surface area (Å²) in [5.41, 5.74) is 0.339. The molecule has 1 saturated heterocycles. The maximum absolute atomic E-state index is 13.0. The van der Waals surface area contributed by atoms with Crippen LogP contribution in [0.5, 0.6) is 0 Å². The number of methoxy groups -OCH3 is 1. The van der Waals surface area contributed by atoms with Crippen molar-refractivity contribution in [3.05, 3.63) is 46.3 Å². The lowest BCUT2D eigenvalue weighted by atomic mass is 10.1. The summed E-state index contributed by atoms with van der Waals surface area (Å²) in [4.78, 5) is 16.9. The normalized spacial score (nSPS) is 14.6. The van der Waals surface area contributed by atoms with E-state index in [0.717, 1.165) is 17.4 Å². The van der Waals surface area contributed by atoms with Crippen LogP contribution in [-0.4, -0.2) is 49.3 Å². The van der Waals surface area contributed by atoms with Gasteiger partial charge in [-0.15, -0.1) is 11.3 Å². The average molecular weight is 458 g/mol. The number of rotatable bonds is 4. The van der Waals surface area contributed by atoms with Crippen LogP contribution in [0.25, 0.3) is 0 Å². The first-order valence-electron chi connectivity index (χ1n) is 9.42. The summed E-state index contributed by atoms with van der Waals surface area (Å²) in [6.45, 7) is 4.20. The molecule has 1 N–H and O–H groups in total. The summed E-state index contributed by atoms with van der Waals surface area (Å²) in [5, 5.41) is 4.26. The summed E-state index contributed by atoms with van der Waals surface area (Å²) in [7, 11) is 1.33. The molecule has 3 rings (SSSR count). The van der Waals surface area contributed by atoms with Gasteiger partial charge in [0.2, 0.25) is 0 Å². The van der Waals surface area contributed by atoms with Crippen molar-refractivity contribution in [2.45, 2.75) is 19.5 Å². The molecule has 2 aromatic rings. The molecule has 0 spiro atoms. The van der Waals surface area contributed by atoms with Crippen molar-refractivity contribution in [2.24, 2.45) is 0 Å². The minimum atomic E-state index is -4.36. The zero-order valence-corrected chi connectivity index (χ0v) is 18.2. The van der Waals surface area contributed by atoms with Crippen LogP contribution in [0.2, 0.25) is 0 Å². The summed E-state index contributed by atoms with van der Waals surface area (Å²) in [6, 6.07) is 7.15. The fourth-order valence-corrected chi connectivity index (χ4v) is 4.53. The minimum Gasteiger partial charge on any atom is -0.465 e. The maximum atomic E-state index is 13.0. The van der Waals surface area contributed by atoms with Crippen molar-refractivity contribution >= 4 is 45.3 Å². The van der Waals surface area contributed by atoms with Gasteiger partial charge >= 0.3 is 12.1 Å². The van der Waals surface area contributed by atoms with Gasteiger partial charge in [0.25, 0.3) is 0 Å².